The van der Waals surface area contributed by atoms with Gasteiger partial charge in [-0.3, -0.25) is 4.79 Å². The van der Waals surface area contributed by atoms with Gasteiger partial charge in [0.2, 0.25) is 5.91 Å². The monoisotopic (exact) mass is 503 g/mol. The van der Waals surface area contributed by atoms with Crippen molar-refractivity contribution in [2.75, 3.05) is 54.0 Å². The normalized spacial score (nSPS) is 15.6. The van der Waals surface area contributed by atoms with Gasteiger partial charge in [-0.15, -0.1) is 24.0 Å². The number of benzene rings is 1. The molecule has 158 valence electrons. The average molecular weight is 503 g/mol. The van der Waals surface area contributed by atoms with Gasteiger partial charge in [0.1, 0.15) is 0 Å². The van der Waals surface area contributed by atoms with Crippen LogP contribution in [0.25, 0.3) is 0 Å². The molecule has 1 aromatic rings. The minimum Gasteiger partial charge on any atom is -0.383 e. The molecule has 8 heteroatoms. The standard InChI is InChI=1S/C20H33N5O2.HI/c1-24(2)19(26)16-22-20(21-15-17-7-5-4-6-8-17)23-18-9-11-25(12-10-18)13-14-27-3;/h4-8,18H,9-16H2,1-3H3,(H2,21,22,23);1H. The molecule has 2 rings (SSSR count). The van der Waals surface area contributed by atoms with E-state index in [9.17, 15) is 4.79 Å². The number of amides is 1. The average Bonchev–Trinajstić information content (AvgIpc) is 2.69. The number of hydrogen-bond acceptors (Lipinski definition) is 4. The minimum atomic E-state index is 0. The second kappa shape index (κ2) is 13.7. The summed E-state index contributed by atoms with van der Waals surface area (Å²) in [7, 11) is 5.26. The summed E-state index contributed by atoms with van der Waals surface area (Å²) >= 11 is 0. The van der Waals surface area contributed by atoms with Crippen molar-refractivity contribution >= 4 is 35.8 Å². The highest BCUT2D eigenvalue weighted by Crippen LogP contribution is 2.10. The Hall–Kier alpha value is -1.39. The maximum Gasteiger partial charge on any atom is 0.241 e. The van der Waals surface area contributed by atoms with E-state index in [4.69, 9.17) is 4.74 Å². The summed E-state index contributed by atoms with van der Waals surface area (Å²) in [5.74, 6) is 0.725. The molecule has 0 unspecified atom stereocenters. The van der Waals surface area contributed by atoms with E-state index < -0.39 is 0 Å². The van der Waals surface area contributed by atoms with Crippen LogP contribution in [0.4, 0.5) is 0 Å². The molecular formula is C20H34IN5O2. The Morgan fingerprint density at radius 2 is 1.93 bits per heavy atom. The number of nitrogens with zero attached hydrogens (tertiary/aromatic N) is 3. The second-order valence-corrected chi connectivity index (χ2v) is 7.05. The number of carbonyl (C=O) groups is 1. The first kappa shape index (κ1) is 24.6. The Labute approximate surface area is 185 Å². The highest BCUT2D eigenvalue weighted by atomic mass is 127. The molecule has 1 aliphatic heterocycles. The number of hydrogen-bond donors (Lipinski definition) is 2. The number of nitrogens with one attached hydrogen (secondary N) is 2. The van der Waals surface area contributed by atoms with E-state index in [0.717, 1.165) is 44.6 Å². The SMILES string of the molecule is COCCN1CCC(NC(=NCc2ccccc2)NCC(=O)N(C)C)CC1.I. The number of rotatable bonds is 8. The van der Waals surface area contributed by atoms with Crippen molar-refractivity contribution in [3.63, 3.8) is 0 Å². The zero-order chi connectivity index (χ0) is 19.5. The lowest BCUT2D eigenvalue weighted by atomic mass is 10.1. The van der Waals surface area contributed by atoms with E-state index in [0.29, 0.717) is 18.5 Å². The van der Waals surface area contributed by atoms with Gasteiger partial charge in [0.15, 0.2) is 5.96 Å². The smallest absolute Gasteiger partial charge is 0.241 e. The molecule has 0 bridgehead atoms. The van der Waals surface area contributed by atoms with Gasteiger partial charge in [0.05, 0.1) is 19.7 Å². The van der Waals surface area contributed by atoms with Crippen molar-refractivity contribution < 1.29 is 9.53 Å². The van der Waals surface area contributed by atoms with Crippen LogP contribution in [-0.4, -0.2) is 81.7 Å². The van der Waals surface area contributed by atoms with Crippen molar-refractivity contribution in [1.29, 1.82) is 0 Å². The third kappa shape index (κ3) is 9.20. The topological polar surface area (TPSA) is 69.2 Å². The van der Waals surface area contributed by atoms with Crippen molar-refractivity contribution in [3.8, 4) is 0 Å². The maximum atomic E-state index is 11.9. The summed E-state index contributed by atoms with van der Waals surface area (Å²) in [5, 5.41) is 6.69. The van der Waals surface area contributed by atoms with E-state index in [1.807, 2.05) is 18.2 Å². The molecule has 1 aromatic carbocycles. The van der Waals surface area contributed by atoms with Crippen LogP contribution in [0, 0.1) is 0 Å². The summed E-state index contributed by atoms with van der Waals surface area (Å²) in [6.07, 6.45) is 2.11. The van der Waals surface area contributed by atoms with Crippen LogP contribution < -0.4 is 10.6 Å². The minimum absolute atomic E-state index is 0. The Bertz CT molecular complexity index is 590. The fourth-order valence-electron chi connectivity index (χ4n) is 2.94. The van der Waals surface area contributed by atoms with E-state index in [2.05, 4.69) is 32.7 Å². The van der Waals surface area contributed by atoms with Crippen molar-refractivity contribution in [2.45, 2.75) is 25.4 Å². The van der Waals surface area contributed by atoms with Crippen LogP contribution in [0.2, 0.25) is 0 Å². The van der Waals surface area contributed by atoms with E-state index in [-0.39, 0.29) is 36.4 Å². The van der Waals surface area contributed by atoms with E-state index >= 15 is 0 Å². The molecule has 1 saturated heterocycles. The zero-order valence-corrected chi connectivity index (χ0v) is 19.5. The molecule has 1 heterocycles. The van der Waals surface area contributed by atoms with Gasteiger partial charge in [-0.05, 0) is 18.4 Å². The number of likely N-dealkylation sites (N-methyl/N-ethyl adjacent to an activating group) is 1. The summed E-state index contributed by atoms with van der Waals surface area (Å²) in [6, 6.07) is 10.5. The van der Waals surface area contributed by atoms with Crippen LogP contribution in [0.5, 0.6) is 0 Å². The third-order valence-corrected chi connectivity index (χ3v) is 4.71. The van der Waals surface area contributed by atoms with Gasteiger partial charge in [-0.25, -0.2) is 4.99 Å². The Balaban J connectivity index is 0.00000392. The molecule has 28 heavy (non-hydrogen) atoms. The summed E-state index contributed by atoms with van der Waals surface area (Å²) in [5.41, 5.74) is 1.15. The number of guanidine groups is 1. The third-order valence-electron chi connectivity index (χ3n) is 4.71. The molecular weight excluding hydrogens is 469 g/mol. The maximum absolute atomic E-state index is 11.9. The molecule has 2 N–H and O–H groups in total. The molecule has 0 atom stereocenters. The van der Waals surface area contributed by atoms with Gasteiger partial charge >= 0.3 is 0 Å². The molecule has 0 aliphatic carbocycles. The van der Waals surface area contributed by atoms with Crippen molar-refractivity contribution in [1.82, 2.24) is 20.4 Å². The first-order valence-electron chi connectivity index (χ1n) is 9.58. The fraction of sp³-hybridized carbons (Fsp3) is 0.600. The predicted octanol–water partition coefficient (Wildman–Crippen LogP) is 1.54. The molecule has 1 amide bonds. The summed E-state index contributed by atoms with van der Waals surface area (Å²) in [4.78, 5) is 20.6. The van der Waals surface area contributed by atoms with Gasteiger partial charge in [-0.2, -0.15) is 0 Å². The highest BCUT2D eigenvalue weighted by Gasteiger charge is 2.20. The summed E-state index contributed by atoms with van der Waals surface area (Å²) in [6.45, 7) is 4.66. The number of aliphatic imine (C=N–C) groups is 1. The van der Waals surface area contributed by atoms with E-state index in [1.54, 1.807) is 26.1 Å². The molecule has 1 aliphatic rings. The lowest BCUT2D eigenvalue weighted by Crippen LogP contribution is -2.50. The van der Waals surface area contributed by atoms with Gasteiger partial charge < -0.3 is 25.2 Å². The largest absolute Gasteiger partial charge is 0.383 e. The second-order valence-electron chi connectivity index (χ2n) is 7.05. The Kier molecular flexibility index (Phi) is 12.1. The Morgan fingerprint density at radius 3 is 2.54 bits per heavy atom. The number of piperidine rings is 1. The zero-order valence-electron chi connectivity index (χ0n) is 17.2. The lowest BCUT2D eigenvalue weighted by molar-refractivity contribution is -0.127. The summed E-state index contributed by atoms with van der Waals surface area (Å²) < 4.78 is 5.16. The molecule has 1 fully saturated rings. The van der Waals surface area contributed by atoms with Gasteiger partial charge in [0.25, 0.3) is 0 Å². The number of halogens is 1. The number of carbonyl (C=O) groups excluding carboxylic acids is 1. The quantitative estimate of drug-likeness (QED) is 0.320. The molecule has 0 radical (unpaired) electrons. The van der Waals surface area contributed by atoms with Crippen LogP contribution in [0.15, 0.2) is 35.3 Å². The molecule has 7 nitrogen and oxygen atoms in total. The van der Waals surface area contributed by atoms with Crippen LogP contribution in [0.3, 0.4) is 0 Å². The Morgan fingerprint density at radius 1 is 1.25 bits per heavy atom. The number of likely N-dealkylation sites (tertiary alicyclic amines) is 1. The molecule has 0 spiro atoms. The van der Waals surface area contributed by atoms with Crippen molar-refractivity contribution in [3.05, 3.63) is 35.9 Å². The molecule has 0 saturated carbocycles. The van der Waals surface area contributed by atoms with Gasteiger partial charge in [0, 0.05) is 46.9 Å². The number of methoxy groups -OCH3 is 1. The van der Waals surface area contributed by atoms with E-state index in [1.165, 1.54) is 0 Å². The fourth-order valence-corrected chi connectivity index (χ4v) is 2.94. The molecule has 0 aromatic heterocycles. The predicted molar refractivity (Wildman–Crippen MR) is 124 cm³/mol. The van der Waals surface area contributed by atoms with Crippen LogP contribution >= 0.6 is 24.0 Å². The van der Waals surface area contributed by atoms with Crippen molar-refractivity contribution in [2.24, 2.45) is 4.99 Å². The number of ether oxygens (including phenoxy) is 1. The lowest BCUT2D eigenvalue weighted by Gasteiger charge is -2.33. The first-order chi connectivity index (χ1) is 13.1. The van der Waals surface area contributed by atoms with Crippen LogP contribution in [0.1, 0.15) is 18.4 Å². The highest BCUT2D eigenvalue weighted by molar-refractivity contribution is 14.0. The van der Waals surface area contributed by atoms with Crippen LogP contribution in [-0.2, 0) is 16.1 Å². The first-order valence-corrected chi connectivity index (χ1v) is 9.58. The van der Waals surface area contributed by atoms with Gasteiger partial charge in [-0.1, -0.05) is 30.3 Å².